The molecule has 0 heterocycles. The molecule has 0 aliphatic rings. The molecule has 1 aromatic rings. The van der Waals surface area contributed by atoms with E-state index in [4.69, 9.17) is 5.11 Å². The van der Waals surface area contributed by atoms with Crippen molar-refractivity contribution >= 4 is 0 Å². The largest absolute Gasteiger partial charge is 0.394 e. The quantitative estimate of drug-likeness (QED) is 0.735. The molecule has 0 bridgehead atoms. The third-order valence-corrected chi connectivity index (χ3v) is 3.39. The lowest BCUT2D eigenvalue weighted by Crippen LogP contribution is -2.39. The summed E-state index contributed by atoms with van der Waals surface area (Å²) in [5, 5.41) is 18.4. The van der Waals surface area contributed by atoms with Crippen molar-refractivity contribution in [2.45, 2.75) is 32.0 Å². The normalized spacial score (nSPS) is 15.0. The van der Waals surface area contributed by atoms with Gasteiger partial charge in [-0.3, -0.25) is 0 Å². The lowest BCUT2D eigenvalue weighted by Gasteiger charge is -2.27. The summed E-state index contributed by atoms with van der Waals surface area (Å²) < 4.78 is 37.1. The summed E-state index contributed by atoms with van der Waals surface area (Å²) in [5.74, 6) is 0.154. The highest BCUT2D eigenvalue weighted by Gasteiger charge is 2.28. The summed E-state index contributed by atoms with van der Waals surface area (Å²) in [5.41, 5.74) is 1.13. The van der Waals surface area contributed by atoms with Gasteiger partial charge in [0.1, 0.15) is 0 Å². The van der Waals surface area contributed by atoms with Gasteiger partial charge in [-0.15, -0.1) is 0 Å². The Bertz CT molecular complexity index is 412. The molecule has 0 unspecified atom stereocenters. The fraction of sp³-hybridized carbons (Fsp3) is 0.625. The van der Waals surface area contributed by atoms with Crippen LogP contribution in [0.2, 0.25) is 0 Å². The summed E-state index contributed by atoms with van der Waals surface area (Å²) in [7, 11) is 0. The monoisotopic (exact) mass is 319 g/mol. The Balaban J connectivity index is 2.54. The third-order valence-electron chi connectivity index (χ3n) is 3.39. The SMILES string of the molecule is C[C@H](Cc1ccccc1)CN(CCC(F)(F)F)C[C@H](O)CO. The maximum absolute atomic E-state index is 12.4. The van der Waals surface area contributed by atoms with E-state index in [2.05, 4.69) is 0 Å². The van der Waals surface area contributed by atoms with Crippen LogP contribution in [0.25, 0.3) is 0 Å². The third kappa shape index (κ3) is 8.36. The summed E-state index contributed by atoms with van der Waals surface area (Å²) >= 11 is 0. The molecular weight excluding hydrogens is 295 g/mol. The smallest absolute Gasteiger partial charge is 0.390 e. The van der Waals surface area contributed by atoms with Gasteiger partial charge in [0, 0.05) is 19.6 Å². The van der Waals surface area contributed by atoms with E-state index >= 15 is 0 Å². The Morgan fingerprint density at radius 2 is 1.77 bits per heavy atom. The molecule has 2 N–H and O–H groups in total. The Labute approximate surface area is 129 Å². The van der Waals surface area contributed by atoms with Gasteiger partial charge in [0.15, 0.2) is 0 Å². The Morgan fingerprint density at radius 1 is 1.14 bits per heavy atom. The van der Waals surface area contributed by atoms with E-state index < -0.39 is 25.3 Å². The van der Waals surface area contributed by atoms with Crippen molar-refractivity contribution in [3.63, 3.8) is 0 Å². The van der Waals surface area contributed by atoms with Crippen molar-refractivity contribution in [1.82, 2.24) is 4.90 Å². The van der Waals surface area contributed by atoms with Crippen LogP contribution in [0, 0.1) is 5.92 Å². The van der Waals surface area contributed by atoms with Crippen LogP contribution in [0.4, 0.5) is 13.2 Å². The van der Waals surface area contributed by atoms with Gasteiger partial charge in [0.2, 0.25) is 0 Å². The van der Waals surface area contributed by atoms with E-state index in [0.717, 1.165) is 12.0 Å². The molecule has 0 saturated heterocycles. The molecule has 0 aliphatic heterocycles. The van der Waals surface area contributed by atoms with E-state index in [1.165, 1.54) is 0 Å². The van der Waals surface area contributed by atoms with E-state index in [9.17, 15) is 18.3 Å². The minimum atomic E-state index is -4.22. The molecule has 0 saturated carbocycles. The van der Waals surface area contributed by atoms with E-state index in [-0.39, 0.29) is 19.0 Å². The fourth-order valence-electron chi connectivity index (χ4n) is 2.42. The molecule has 126 valence electrons. The minimum absolute atomic E-state index is 0.0473. The van der Waals surface area contributed by atoms with Gasteiger partial charge in [0.05, 0.1) is 19.1 Å². The van der Waals surface area contributed by atoms with Crippen LogP contribution in [0.1, 0.15) is 18.9 Å². The van der Waals surface area contributed by atoms with E-state index in [1.54, 1.807) is 4.90 Å². The Kier molecular flexibility index (Phi) is 7.85. The second kappa shape index (κ2) is 9.12. The van der Waals surface area contributed by atoms with Crippen LogP contribution in [0.3, 0.4) is 0 Å². The zero-order valence-electron chi connectivity index (χ0n) is 12.8. The highest BCUT2D eigenvalue weighted by atomic mass is 19.4. The van der Waals surface area contributed by atoms with E-state index in [1.807, 2.05) is 37.3 Å². The molecule has 1 aromatic carbocycles. The first-order valence-corrected chi connectivity index (χ1v) is 7.42. The number of aliphatic hydroxyl groups excluding tert-OH is 2. The molecular formula is C16H24F3NO2. The predicted molar refractivity (Wildman–Crippen MR) is 79.5 cm³/mol. The van der Waals surface area contributed by atoms with Crippen LogP contribution in [-0.2, 0) is 6.42 Å². The molecule has 0 fully saturated rings. The van der Waals surface area contributed by atoms with Crippen LogP contribution in [-0.4, -0.2) is 53.6 Å². The number of nitrogens with zero attached hydrogens (tertiary/aromatic N) is 1. The highest BCUT2D eigenvalue weighted by Crippen LogP contribution is 2.20. The zero-order valence-corrected chi connectivity index (χ0v) is 12.8. The molecule has 0 radical (unpaired) electrons. The summed E-state index contributed by atoms with van der Waals surface area (Å²) in [4.78, 5) is 1.57. The van der Waals surface area contributed by atoms with Gasteiger partial charge >= 0.3 is 6.18 Å². The van der Waals surface area contributed by atoms with Crippen molar-refractivity contribution in [2.24, 2.45) is 5.92 Å². The maximum Gasteiger partial charge on any atom is 0.390 e. The first kappa shape index (κ1) is 18.9. The summed E-state index contributed by atoms with van der Waals surface area (Å²) in [6.45, 7) is 1.85. The molecule has 0 aliphatic carbocycles. The van der Waals surface area contributed by atoms with Crippen LogP contribution >= 0.6 is 0 Å². The van der Waals surface area contributed by atoms with Crippen LogP contribution < -0.4 is 0 Å². The number of aliphatic hydroxyl groups is 2. The molecule has 22 heavy (non-hydrogen) atoms. The summed E-state index contributed by atoms with van der Waals surface area (Å²) in [6, 6.07) is 9.75. The fourth-order valence-corrected chi connectivity index (χ4v) is 2.42. The average molecular weight is 319 g/mol. The maximum atomic E-state index is 12.4. The molecule has 0 aromatic heterocycles. The molecule has 0 amide bonds. The lowest BCUT2D eigenvalue weighted by atomic mass is 10.0. The number of hydrogen-bond acceptors (Lipinski definition) is 3. The van der Waals surface area contributed by atoms with Crippen LogP contribution in [0.15, 0.2) is 30.3 Å². The molecule has 1 rings (SSSR count). The van der Waals surface area contributed by atoms with Gasteiger partial charge in [0.25, 0.3) is 0 Å². The van der Waals surface area contributed by atoms with Gasteiger partial charge in [-0.05, 0) is 17.9 Å². The molecule has 0 spiro atoms. The number of hydrogen-bond donors (Lipinski definition) is 2. The second-order valence-corrected chi connectivity index (χ2v) is 5.76. The molecule has 6 heteroatoms. The molecule has 3 nitrogen and oxygen atoms in total. The van der Waals surface area contributed by atoms with Gasteiger partial charge < -0.3 is 15.1 Å². The van der Waals surface area contributed by atoms with Crippen molar-refractivity contribution < 1.29 is 23.4 Å². The van der Waals surface area contributed by atoms with Gasteiger partial charge in [-0.25, -0.2) is 0 Å². The second-order valence-electron chi connectivity index (χ2n) is 5.76. The topological polar surface area (TPSA) is 43.7 Å². The number of alkyl halides is 3. The standard InChI is InChI=1S/C16H24F3NO2/c1-13(9-14-5-3-2-4-6-14)10-20(11-15(22)12-21)8-7-16(17,18)19/h2-6,13,15,21-22H,7-12H2,1H3/t13-,15+/m1/s1. The Hall–Kier alpha value is -1.11. The highest BCUT2D eigenvalue weighted by molar-refractivity contribution is 5.15. The van der Waals surface area contributed by atoms with Crippen molar-refractivity contribution in [3.8, 4) is 0 Å². The zero-order chi connectivity index (χ0) is 16.6. The Morgan fingerprint density at radius 3 is 2.32 bits per heavy atom. The first-order valence-electron chi connectivity index (χ1n) is 7.42. The van der Waals surface area contributed by atoms with Crippen molar-refractivity contribution in [2.75, 3.05) is 26.2 Å². The first-order chi connectivity index (χ1) is 10.3. The predicted octanol–water partition coefficient (Wildman–Crippen LogP) is 2.47. The average Bonchev–Trinajstić information content (AvgIpc) is 2.44. The lowest BCUT2D eigenvalue weighted by molar-refractivity contribution is -0.139. The van der Waals surface area contributed by atoms with Crippen LogP contribution in [0.5, 0.6) is 0 Å². The number of halogens is 3. The molecule has 2 atom stereocenters. The van der Waals surface area contributed by atoms with Gasteiger partial charge in [-0.1, -0.05) is 37.3 Å². The van der Waals surface area contributed by atoms with Gasteiger partial charge in [-0.2, -0.15) is 13.2 Å². The number of benzene rings is 1. The van der Waals surface area contributed by atoms with Crippen molar-refractivity contribution in [3.05, 3.63) is 35.9 Å². The van der Waals surface area contributed by atoms with E-state index in [0.29, 0.717) is 6.54 Å². The summed E-state index contributed by atoms with van der Waals surface area (Å²) in [6.07, 6.45) is -5.38. The van der Waals surface area contributed by atoms with Crippen molar-refractivity contribution in [1.29, 1.82) is 0 Å². The number of rotatable bonds is 9. The minimum Gasteiger partial charge on any atom is -0.394 e.